The number of amides is 1. The van der Waals surface area contributed by atoms with Gasteiger partial charge in [0.15, 0.2) is 0 Å². The van der Waals surface area contributed by atoms with Gasteiger partial charge in [0, 0.05) is 36.7 Å². The highest BCUT2D eigenvalue weighted by molar-refractivity contribution is 5.80. The molecule has 2 aliphatic heterocycles. The highest BCUT2D eigenvalue weighted by Gasteiger charge is 2.53. The summed E-state index contributed by atoms with van der Waals surface area (Å²) in [4.78, 5) is 21.8. The van der Waals surface area contributed by atoms with Gasteiger partial charge in [-0.05, 0) is 31.2 Å². The molecule has 5 rings (SSSR count). The van der Waals surface area contributed by atoms with Crippen molar-refractivity contribution < 1.29 is 18.8 Å². The van der Waals surface area contributed by atoms with E-state index in [0.717, 1.165) is 37.2 Å². The molecule has 2 aromatic carbocycles. The Hall–Kier alpha value is -3.39. The number of likely N-dealkylation sites (tertiary alicyclic amines) is 2. The summed E-state index contributed by atoms with van der Waals surface area (Å²) < 4.78 is 16.3. The number of hydrogen-bond donors (Lipinski definition) is 0. The molecule has 8 heteroatoms. The third-order valence-corrected chi connectivity index (χ3v) is 6.67. The van der Waals surface area contributed by atoms with Crippen LogP contribution in [-0.2, 0) is 11.2 Å². The van der Waals surface area contributed by atoms with Crippen molar-refractivity contribution in [3.05, 3.63) is 60.0 Å². The molecule has 33 heavy (non-hydrogen) atoms. The van der Waals surface area contributed by atoms with E-state index in [1.54, 1.807) is 14.2 Å². The van der Waals surface area contributed by atoms with Gasteiger partial charge in [0.2, 0.25) is 17.6 Å². The van der Waals surface area contributed by atoms with Gasteiger partial charge in [-0.2, -0.15) is 4.98 Å². The fourth-order valence-electron chi connectivity index (χ4n) is 5.04. The molecule has 0 saturated carbocycles. The third kappa shape index (κ3) is 4.18. The fourth-order valence-corrected chi connectivity index (χ4v) is 5.04. The summed E-state index contributed by atoms with van der Waals surface area (Å²) in [5, 5.41) is 4.18. The number of benzene rings is 2. The lowest BCUT2D eigenvalue weighted by molar-refractivity contribution is -0.141. The van der Waals surface area contributed by atoms with Gasteiger partial charge in [-0.3, -0.25) is 9.69 Å². The molecule has 3 aromatic rings. The highest BCUT2D eigenvalue weighted by Crippen LogP contribution is 2.47. The van der Waals surface area contributed by atoms with E-state index in [-0.39, 0.29) is 17.4 Å². The Balaban J connectivity index is 1.22. The second-order valence-corrected chi connectivity index (χ2v) is 9.10. The number of hydrogen-bond acceptors (Lipinski definition) is 7. The van der Waals surface area contributed by atoms with Gasteiger partial charge in [0.1, 0.15) is 11.5 Å². The maximum Gasteiger partial charge on any atom is 0.244 e. The average Bonchev–Trinajstić information content (AvgIpc) is 3.43. The van der Waals surface area contributed by atoms with Crippen LogP contribution in [0.3, 0.4) is 0 Å². The Morgan fingerprint density at radius 3 is 2.45 bits per heavy atom. The zero-order valence-corrected chi connectivity index (χ0v) is 19.2. The van der Waals surface area contributed by atoms with Crippen molar-refractivity contribution in [1.29, 1.82) is 0 Å². The topological polar surface area (TPSA) is 80.9 Å². The van der Waals surface area contributed by atoms with E-state index < -0.39 is 0 Å². The van der Waals surface area contributed by atoms with Gasteiger partial charge in [-0.15, -0.1) is 0 Å². The second-order valence-electron chi connectivity index (χ2n) is 9.10. The van der Waals surface area contributed by atoms with Crippen LogP contribution in [0.25, 0.3) is 11.4 Å². The fraction of sp³-hybridized carbons (Fsp3) is 0.400. The Morgan fingerprint density at radius 2 is 1.79 bits per heavy atom. The second kappa shape index (κ2) is 8.51. The molecule has 1 unspecified atom stereocenters. The minimum atomic E-state index is 0.0647. The Labute approximate surface area is 193 Å². The molecule has 0 bridgehead atoms. The molecule has 1 spiro atoms. The van der Waals surface area contributed by atoms with Crippen LogP contribution in [0.5, 0.6) is 11.5 Å². The van der Waals surface area contributed by atoms with Gasteiger partial charge in [-0.1, -0.05) is 35.5 Å². The first kappa shape index (κ1) is 21.5. The summed E-state index contributed by atoms with van der Waals surface area (Å²) in [7, 11) is 5.30. The van der Waals surface area contributed by atoms with Crippen LogP contribution in [0.4, 0.5) is 0 Å². The summed E-state index contributed by atoms with van der Waals surface area (Å²) in [5.41, 5.74) is 1.90. The first-order chi connectivity index (χ1) is 16.0. The van der Waals surface area contributed by atoms with Crippen LogP contribution < -0.4 is 9.47 Å². The van der Waals surface area contributed by atoms with Gasteiger partial charge in [0.05, 0.1) is 26.7 Å². The quantitative estimate of drug-likeness (QED) is 0.573. The Kier molecular flexibility index (Phi) is 5.54. The van der Waals surface area contributed by atoms with E-state index in [1.165, 1.54) is 0 Å². The molecule has 0 aliphatic carbocycles. The lowest BCUT2D eigenvalue weighted by Gasteiger charge is -2.48. The Morgan fingerprint density at radius 1 is 1.09 bits per heavy atom. The number of ether oxygens (including phenoxy) is 2. The summed E-state index contributed by atoms with van der Waals surface area (Å²) in [6.45, 7) is 2.39. The van der Waals surface area contributed by atoms with Crippen LogP contribution in [0, 0.1) is 5.41 Å². The molecule has 1 aromatic heterocycles. The maximum absolute atomic E-state index is 12.9. The molecular formula is C25H28N4O4. The van der Waals surface area contributed by atoms with Crippen molar-refractivity contribution in [1.82, 2.24) is 19.9 Å². The predicted octanol–water partition coefficient (Wildman–Crippen LogP) is 3.20. The van der Waals surface area contributed by atoms with Crippen molar-refractivity contribution in [2.45, 2.75) is 18.9 Å². The van der Waals surface area contributed by atoms with E-state index in [0.29, 0.717) is 29.6 Å². The predicted molar refractivity (Wildman–Crippen MR) is 122 cm³/mol. The van der Waals surface area contributed by atoms with Gasteiger partial charge >= 0.3 is 0 Å². The van der Waals surface area contributed by atoms with E-state index in [9.17, 15) is 4.79 Å². The molecule has 172 valence electrons. The smallest absolute Gasteiger partial charge is 0.244 e. The van der Waals surface area contributed by atoms with Crippen molar-refractivity contribution in [3.8, 4) is 22.9 Å². The zero-order valence-electron chi connectivity index (χ0n) is 19.2. The molecule has 2 fully saturated rings. The first-order valence-corrected chi connectivity index (χ1v) is 11.1. The molecular weight excluding hydrogens is 420 g/mol. The van der Waals surface area contributed by atoms with Crippen molar-refractivity contribution in [2.75, 3.05) is 40.9 Å². The van der Waals surface area contributed by atoms with Crippen molar-refractivity contribution in [3.63, 3.8) is 0 Å². The van der Waals surface area contributed by atoms with Crippen LogP contribution in [0.15, 0.2) is 53.1 Å². The van der Waals surface area contributed by atoms with Crippen LogP contribution >= 0.6 is 0 Å². The van der Waals surface area contributed by atoms with E-state index in [2.05, 4.69) is 22.1 Å². The van der Waals surface area contributed by atoms with Crippen LogP contribution in [-0.4, -0.2) is 66.7 Å². The molecule has 0 N–H and O–H groups in total. The van der Waals surface area contributed by atoms with E-state index >= 15 is 0 Å². The number of methoxy groups -OCH3 is 2. The summed E-state index contributed by atoms with van der Waals surface area (Å²) in [6, 6.07) is 15.5. The summed E-state index contributed by atoms with van der Waals surface area (Å²) in [5.74, 6) is 2.74. The highest BCUT2D eigenvalue weighted by atomic mass is 16.5. The Bertz CT molecular complexity index is 1120. The standard InChI is InChI=1S/C25H28N4O4/c1-28-14-25(13-21(28)24-26-23(27-33-24)18-7-5-4-6-8-18)15-29(16-25)22(30)11-17-9-19(31-2)12-20(10-17)32-3/h4-10,12,21H,11,13-16H2,1-3H3. The number of rotatable bonds is 6. The molecule has 0 radical (unpaired) electrons. The molecule has 8 nitrogen and oxygen atoms in total. The molecule has 2 saturated heterocycles. The number of carbonyl (C=O) groups excluding carboxylic acids is 1. The normalized spacial score (nSPS) is 19.5. The van der Waals surface area contributed by atoms with Crippen LogP contribution in [0.1, 0.15) is 23.9 Å². The van der Waals surface area contributed by atoms with E-state index in [4.69, 9.17) is 14.0 Å². The SMILES string of the molecule is COc1cc(CC(=O)N2CC3(CC(c4nc(-c5ccccc5)no4)N(C)C3)C2)cc(OC)c1. The third-order valence-electron chi connectivity index (χ3n) is 6.67. The lowest BCUT2D eigenvalue weighted by Crippen LogP contribution is -2.59. The lowest BCUT2D eigenvalue weighted by atomic mass is 9.77. The molecule has 1 atom stereocenters. The number of carbonyl (C=O) groups is 1. The maximum atomic E-state index is 12.9. The number of aromatic nitrogens is 2. The molecule has 3 heterocycles. The summed E-state index contributed by atoms with van der Waals surface area (Å²) in [6.07, 6.45) is 1.23. The monoisotopic (exact) mass is 448 g/mol. The van der Waals surface area contributed by atoms with Crippen molar-refractivity contribution >= 4 is 5.91 Å². The zero-order chi connectivity index (χ0) is 23.0. The largest absolute Gasteiger partial charge is 0.497 e. The molecule has 1 amide bonds. The number of nitrogens with zero attached hydrogens (tertiary/aromatic N) is 4. The minimum Gasteiger partial charge on any atom is -0.497 e. The van der Waals surface area contributed by atoms with Gasteiger partial charge in [-0.25, -0.2) is 0 Å². The van der Waals surface area contributed by atoms with E-state index in [1.807, 2.05) is 53.4 Å². The first-order valence-electron chi connectivity index (χ1n) is 11.1. The summed E-state index contributed by atoms with van der Waals surface area (Å²) >= 11 is 0. The van der Waals surface area contributed by atoms with Gasteiger partial charge < -0.3 is 18.9 Å². The molecule has 2 aliphatic rings. The van der Waals surface area contributed by atoms with Gasteiger partial charge in [0.25, 0.3) is 0 Å². The van der Waals surface area contributed by atoms with Crippen molar-refractivity contribution in [2.24, 2.45) is 5.41 Å². The van der Waals surface area contributed by atoms with Crippen LogP contribution in [0.2, 0.25) is 0 Å². The average molecular weight is 449 g/mol. The minimum absolute atomic E-state index is 0.0647.